The van der Waals surface area contributed by atoms with Crippen molar-refractivity contribution >= 4 is 11.9 Å². The van der Waals surface area contributed by atoms with E-state index in [0.717, 1.165) is 49.9 Å². The van der Waals surface area contributed by atoms with Crippen LogP contribution in [0.2, 0.25) is 0 Å². The molecule has 5 nitrogen and oxygen atoms in total. The van der Waals surface area contributed by atoms with Crippen LogP contribution in [0.4, 0.5) is 0 Å². The maximum absolute atomic E-state index is 12.4. The molecule has 2 fully saturated rings. The second-order valence-corrected chi connectivity index (χ2v) is 8.88. The average molecular weight is 382 g/mol. The zero-order valence-electron chi connectivity index (χ0n) is 17.7. The molecule has 0 aromatic rings. The maximum Gasteiger partial charge on any atom is 0.306 e. The molecule has 2 saturated heterocycles. The Morgan fingerprint density at radius 1 is 1.07 bits per heavy atom. The fourth-order valence-electron chi connectivity index (χ4n) is 4.52. The third-order valence-electron chi connectivity index (χ3n) is 6.17. The Morgan fingerprint density at radius 2 is 1.78 bits per heavy atom. The number of hydrogen-bond donors (Lipinski definition) is 0. The van der Waals surface area contributed by atoms with Gasteiger partial charge in [0.1, 0.15) is 6.54 Å². The van der Waals surface area contributed by atoms with Crippen molar-refractivity contribution in [2.45, 2.75) is 90.1 Å². The number of ether oxygens (including phenoxy) is 1. The molecule has 1 atom stereocenters. The minimum Gasteiger partial charge on any atom is -0.454 e. The lowest BCUT2D eigenvalue weighted by molar-refractivity contribution is -0.911. The molecule has 1 unspecified atom stereocenters. The van der Waals surface area contributed by atoms with Crippen LogP contribution in [-0.4, -0.2) is 67.1 Å². The summed E-state index contributed by atoms with van der Waals surface area (Å²) in [5.41, 5.74) is 0. The summed E-state index contributed by atoms with van der Waals surface area (Å²) < 4.78 is 6.90. The highest BCUT2D eigenvalue weighted by atomic mass is 16.5. The van der Waals surface area contributed by atoms with Crippen molar-refractivity contribution in [3.8, 4) is 0 Å². The van der Waals surface area contributed by atoms with E-state index in [1.165, 1.54) is 44.9 Å². The number of rotatable bonds is 11. The van der Waals surface area contributed by atoms with E-state index in [1.54, 1.807) is 0 Å². The van der Waals surface area contributed by atoms with Gasteiger partial charge in [-0.3, -0.25) is 9.59 Å². The van der Waals surface area contributed by atoms with Crippen LogP contribution in [0.15, 0.2) is 0 Å². The largest absolute Gasteiger partial charge is 0.454 e. The van der Waals surface area contributed by atoms with Crippen molar-refractivity contribution < 1.29 is 18.8 Å². The molecule has 0 bridgehead atoms. The molecule has 2 aliphatic rings. The van der Waals surface area contributed by atoms with Crippen molar-refractivity contribution in [1.82, 2.24) is 4.90 Å². The lowest BCUT2D eigenvalue weighted by atomic mass is 10.1. The number of quaternary nitrogens is 1. The summed E-state index contributed by atoms with van der Waals surface area (Å²) in [6.45, 7) is 6.73. The number of carbonyl (C=O) groups excluding carboxylic acids is 2. The molecule has 2 heterocycles. The van der Waals surface area contributed by atoms with E-state index < -0.39 is 0 Å². The third-order valence-corrected chi connectivity index (χ3v) is 6.17. The van der Waals surface area contributed by atoms with Crippen LogP contribution >= 0.6 is 0 Å². The lowest BCUT2D eigenvalue weighted by Crippen LogP contribution is -2.53. The smallest absolute Gasteiger partial charge is 0.306 e. The normalized spacial score (nSPS) is 21.1. The van der Waals surface area contributed by atoms with Gasteiger partial charge < -0.3 is 14.1 Å². The molecule has 0 spiro atoms. The summed E-state index contributed by atoms with van der Waals surface area (Å²) >= 11 is 0. The molecular weight excluding hydrogens is 340 g/mol. The molecule has 0 aromatic heterocycles. The molecule has 2 aliphatic heterocycles. The molecule has 0 saturated carbocycles. The molecule has 5 heteroatoms. The Labute approximate surface area is 166 Å². The minimum absolute atomic E-state index is 0.0791. The fourth-order valence-corrected chi connectivity index (χ4v) is 4.52. The Kier molecular flexibility index (Phi) is 9.60. The first-order valence-electron chi connectivity index (χ1n) is 11.3. The number of esters is 1. The SMILES string of the molecule is CCCCCCCC(=O)OC(CN1CCCC1=O)C[N+]1(C)CCCCCC1. The summed E-state index contributed by atoms with van der Waals surface area (Å²) in [5, 5.41) is 0. The van der Waals surface area contributed by atoms with Crippen LogP contribution in [0.5, 0.6) is 0 Å². The standard InChI is InChI=1S/C22H41N2O3/c1-3-4-5-6-9-14-22(26)27-20(18-23-15-12-13-21(23)25)19-24(2)16-10-7-8-11-17-24/h20H,3-19H2,1-2H3/q+1. The van der Waals surface area contributed by atoms with Crippen molar-refractivity contribution in [2.24, 2.45) is 0 Å². The number of unbranched alkanes of at least 4 members (excludes halogenated alkanes) is 4. The molecule has 0 aromatic carbocycles. The van der Waals surface area contributed by atoms with E-state index in [2.05, 4.69) is 14.0 Å². The Hall–Kier alpha value is -1.10. The van der Waals surface area contributed by atoms with Crippen molar-refractivity contribution in [3.63, 3.8) is 0 Å². The highest BCUT2D eigenvalue weighted by Crippen LogP contribution is 2.20. The number of carbonyl (C=O) groups is 2. The van der Waals surface area contributed by atoms with Crippen LogP contribution in [-0.2, 0) is 14.3 Å². The number of likely N-dealkylation sites (N-methyl/N-ethyl adjacent to an activating group) is 1. The molecular formula is C22H41N2O3+. The Balaban J connectivity index is 1.88. The van der Waals surface area contributed by atoms with Crippen LogP contribution in [0, 0.1) is 0 Å². The Morgan fingerprint density at radius 3 is 2.41 bits per heavy atom. The molecule has 0 N–H and O–H groups in total. The van der Waals surface area contributed by atoms with E-state index >= 15 is 0 Å². The zero-order chi connectivity index (χ0) is 19.5. The topological polar surface area (TPSA) is 46.6 Å². The van der Waals surface area contributed by atoms with E-state index in [9.17, 15) is 9.59 Å². The monoisotopic (exact) mass is 381 g/mol. The molecule has 1 amide bonds. The summed E-state index contributed by atoms with van der Waals surface area (Å²) in [7, 11) is 2.29. The first-order valence-corrected chi connectivity index (χ1v) is 11.3. The van der Waals surface area contributed by atoms with Gasteiger partial charge in [0.2, 0.25) is 5.91 Å². The van der Waals surface area contributed by atoms with E-state index in [1.807, 2.05) is 4.90 Å². The van der Waals surface area contributed by atoms with Gasteiger partial charge in [-0.25, -0.2) is 0 Å². The van der Waals surface area contributed by atoms with Gasteiger partial charge in [-0.05, 0) is 38.5 Å². The van der Waals surface area contributed by atoms with Gasteiger partial charge in [0, 0.05) is 19.4 Å². The third kappa shape index (κ3) is 8.20. The van der Waals surface area contributed by atoms with Gasteiger partial charge in [-0.2, -0.15) is 0 Å². The van der Waals surface area contributed by atoms with Gasteiger partial charge >= 0.3 is 5.97 Å². The summed E-state index contributed by atoms with van der Waals surface area (Å²) in [4.78, 5) is 26.4. The van der Waals surface area contributed by atoms with Crippen LogP contribution in [0.3, 0.4) is 0 Å². The van der Waals surface area contributed by atoms with E-state index in [4.69, 9.17) is 4.74 Å². The first kappa shape index (κ1) is 22.2. The molecule has 156 valence electrons. The van der Waals surface area contributed by atoms with Crippen molar-refractivity contribution in [2.75, 3.05) is 39.8 Å². The summed E-state index contributed by atoms with van der Waals surface area (Å²) in [6.07, 6.45) is 12.7. The summed E-state index contributed by atoms with van der Waals surface area (Å²) in [5.74, 6) is 0.138. The Bertz CT molecular complexity index is 458. The van der Waals surface area contributed by atoms with Gasteiger partial charge in [0.05, 0.1) is 26.7 Å². The number of amides is 1. The van der Waals surface area contributed by atoms with Crippen LogP contribution < -0.4 is 0 Å². The van der Waals surface area contributed by atoms with E-state index in [0.29, 0.717) is 19.4 Å². The van der Waals surface area contributed by atoms with E-state index in [-0.39, 0.29) is 18.0 Å². The van der Waals surface area contributed by atoms with Crippen molar-refractivity contribution in [3.05, 3.63) is 0 Å². The molecule has 27 heavy (non-hydrogen) atoms. The van der Waals surface area contributed by atoms with Crippen LogP contribution in [0.1, 0.15) is 84.0 Å². The number of nitrogens with zero attached hydrogens (tertiary/aromatic N) is 2. The lowest BCUT2D eigenvalue weighted by Gasteiger charge is -2.37. The second kappa shape index (κ2) is 11.7. The van der Waals surface area contributed by atoms with Crippen LogP contribution in [0.25, 0.3) is 0 Å². The van der Waals surface area contributed by atoms with Gasteiger partial charge in [0.15, 0.2) is 6.10 Å². The number of likely N-dealkylation sites (tertiary alicyclic amines) is 2. The number of hydrogen-bond acceptors (Lipinski definition) is 3. The zero-order valence-corrected chi connectivity index (χ0v) is 17.7. The highest BCUT2D eigenvalue weighted by molar-refractivity contribution is 5.78. The first-order chi connectivity index (χ1) is 13.0. The van der Waals surface area contributed by atoms with Crippen molar-refractivity contribution in [1.29, 1.82) is 0 Å². The highest BCUT2D eigenvalue weighted by Gasteiger charge is 2.33. The summed E-state index contributed by atoms with van der Waals surface area (Å²) in [6, 6.07) is 0. The predicted molar refractivity (Wildman–Crippen MR) is 108 cm³/mol. The predicted octanol–water partition coefficient (Wildman–Crippen LogP) is 3.90. The molecule has 0 aliphatic carbocycles. The molecule has 2 rings (SSSR count). The molecule has 0 radical (unpaired) electrons. The second-order valence-electron chi connectivity index (χ2n) is 8.88. The van der Waals surface area contributed by atoms with Gasteiger partial charge in [-0.15, -0.1) is 0 Å². The quantitative estimate of drug-likeness (QED) is 0.310. The maximum atomic E-state index is 12.4. The van der Waals surface area contributed by atoms with Gasteiger partial charge in [-0.1, -0.05) is 32.6 Å². The van der Waals surface area contributed by atoms with Gasteiger partial charge in [0.25, 0.3) is 0 Å². The average Bonchev–Trinajstić information content (AvgIpc) is 2.89. The minimum atomic E-state index is -0.168. The fraction of sp³-hybridized carbons (Fsp3) is 0.909.